The summed E-state index contributed by atoms with van der Waals surface area (Å²) < 4.78 is 27.3. The summed E-state index contributed by atoms with van der Waals surface area (Å²) in [5.41, 5.74) is 7.48. The number of fused-ring (bicyclic) bond motifs is 1. The second-order valence-electron chi connectivity index (χ2n) is 4.90. The van der Waals surface area contributed by atoms with E-state index >= 15 is 0 Å². The molecule has 0 aliphatic heterocycles. The summed E-state index contributed by atoms with van der Waals surface area (Å²) in [5, 5.41) is 3.91. The van der Waals surface area contributed by atoms with E-state index in [2.05, 4.69) is 10.3 Å². The molecule has 108 valence electrons. The number of nitrogens with two attached hydrogens (primary N) is 1. The predicted octanol–water partition coefficient (Wildman–Crippen LogP) is 3.68. The third-order valence-corrected chi connectivity index (χ3v) is 3.44. The van der Waals surface area contributed by atoms with E-state index in [1.54, 1.807) is 0 Å². The summed E-state index contributed by atoms with van der Waals surface area (Å²) in [4.78, 5) is 3.17. The van der Waals surface area contributed by atoms with Gasteiger partial charge in [0.05, 0.1) is 0 Å². The molecule has 0 saturated carbocycles. The van der Waals surface area contributed by atoms with Crippen LogP contribution < -0.4 is 11.1 Å². The third-order valence-electron chi connectivity index (χ3n) is 3.44. The zero-order valence-electron chi connectivity index (χ0n) is 11.3. The summed E-state index contributed by atoms with van der Waals surface area (Å²) in [6, 6.07) is 10.2. The normalized spacial score (nSPS) is 11.0. The smallest absolute Gasteiger partial charge is 0.151 e. The lowest BCUT2D eigenvalue weighted by molar-refractivity contribution is 0.589. The molecule has 0 radical (unpaired) electrons. The van der Waals surface area contributed by atoms with Crippen LogP contribution in [-0.4, -0.2) is 11.5 Å². The largest absolute Gasteiger partial charge is 0.399 e. The molecule has 1 heterocycles. The van der Waals surface area contributed by atoms with Gasteiger partial charge in [0.15, 0.2) is 11.6 Å². The molecule has 0 aliphatic rings. The lowest BCUT2D eigenvalue weighted by Gasteiger charge is -2.09. The Hall–Kier alpha value is -2.56. The van der Waals surface area contributed by atoms with Crippen molar-refractivity contribution in [3.8, 4) is 0 Å². The van der Waals surface area contributed by atoms with Crippen molar-refractivity contribution in [2.24, 2.45) is 0 Å². The Morgan fingerprint density at radius 3 is 2.57 bits per heavy atom. The van der Waals surface area contributed by atoms with E-state index in [0.29, 0.717) is 13.0 Å². The molecular formula is C16H15F2N3. The van der Waals surface area contributed by atoms with Crippen LogP contribution in [0.4, 0.5) is 20.2 Å². The van der Waals surface area contributed by atoms with Gasteiger partial charge in [-0.15, -0.1) is 0 Å². The summed E-state index contributed by atoms with van der Waals surface area (Å²) in [7, 11) is 0. The Balaban J connectivity index is 1.72. The highest BCUT2D eigenvalue weighted by molar-refractivity contribution is 5.83. The molecule has 3 aromatic rings. The van der Waals surface area contributed by atoms with Crippen LogP contribution in [0, 0.1) is 11.6 Å². The van der Waals surface area contributed by atoms with Gasteiger partial charge >= 0.3 is 0 Å². The van der Waals surface area contributed by atoms with Crippen LogP contribution in [0.3, 0.4) is 0 Å². The molecule has 21 heavy (non-hydrogen) atoms. The first-order chi connectivity index (χ1) is 10.1. The Morgan fingerprint density at radius 1 is 1.10 bits per heavy atom. The summed E-state index contributed by atoms with van der Waals surface area (Å²) in [6.45, 7) is 0.430. The maximum atomic E-state index is 13.6. The van der Waals surface area contributed by atoms with Crippen LogP contribution in [0.5, 0.6) is 0 Å². The number of aromatic amines is 1. The Kier molecular flexibility index (Phi) is 3.48. The second-order valence-corrected chi connectivity index (χ2v) is 4.90. The van der Waals surface area contributed by atoms with Crippen LogP contribution in [-0.2, 0) is 6.42 Å². The number of nitrogens with one attached hydrogen (secondary N) is 2. The van der Waals surface area contributed by atoms with Gasteiger partial charge in [-0.25, -0.2) is 8.78 Å². The van der Waals surface area contributed by atoms with Crippen LogP contribution in [0.25, 0.3) is 10.9 Å². The molecule has 0 aliphatic carbocycles. The topological polar surface area (TPSA) is 53.8 Å². The number of anilines is 2. The molecule has 0 spiro atoms. The van der Waals surface area contributed by atoms with Gasteiger partial charge in [-0.3, -0.25) is 0 Å². The fraction of sp³-hybridized carbons (Fsp3) is 0.125. The average molecular weight is 287 g/mol. The first-order valence-corrected chi connectivity index (χ1v) is 6.68. The van der Waals surface area contributed by atoms with Crippen LogP contribution in [0.2, 0.25) is 0 Å². The van der Waals surface area contributed by atoms with Crippen molar-refractivity contribution in [3.63, 3.8) is 0 Å². The van der Waals surface area contributed by atoms with Gasteiger partial charge in [0.2, 0.25) is 0 Å². The molecule has 3 rings (SSSR count). The van der Waals surface area contributed by atoms with E-state index < -0.39 is 11.6 Å². The zero-order chi connectivity index (χ0) is 14.8. The van der Waals surface area contributed by atoms with Crippen molar-refractivity contribution in [1.82, 2.24) is 4.98 Å². The van der Waals surface area contributed by atoms with Gasteiger partial charge in [0.25, 0.3) is 0 Å². The monoisotopic (exact) mass is 287 g/mol. The number of benzene rings is 2. The Bertz CT molecular complexity index is 757. The van der Waals surface area contributed by atoms with Crippen LogP contribution >= 0.6 is 0 Å². The SMILES string of the molecule is Nc1cc(F)c(NCCc2c[nH]c3ccccc23)c(F)c1. The lowest BCUT2D eigenvalue weighted by Crippen LogP contribution is -2.08. The highest BCUT2D eigenvalue weighted by Gasteiger charge is 2.10. The van der Waals surface area contributed by atoms with Gasteiger partial charge in [0, 0.05) is 29.3 Å². The van der Waals surface area contributed by atoms with Crippen molar-refractivity contribution in [3.05, 3.63) is 59.8 Å². The van der Waals surface area contributed by atoms with Crippen molar-refractivity contribution in [2.45, 2.75) is 6.42 Å². The van der Waals surface area contributed by atoms with Crippen molar-refractivity contribution in [2.75, 3.05) is 17.6 Å². The predicted molar refractivity (Wildman–Crippen MR) is 81.3 cm³/mol. The minimum Gasteiger partial charge on any atom is -0.399 e. The lowest BCUT2D eigenvalue weighted by atomic mass is 10.1. The third kappa shape index (κ3) is 2.67. The number of hydrogen-bond acceptors (Lipinski definition) is 2. The van der Waals surface area contributed by atoms with E-state index in [1.165, 1.54) is 0 Å². The number of rotatable bonds is 4. The summed E-state index contributed by atoms with van der Waals surface area (Å²) >= 11 is 0. The van der Waals surface area contributed by atoms with E-state index in [9.17, 15) is 8.78 Å². The van der Waals surface area contributed by atoms with E-state index in [4.69, 9.17) is 5.73 Å². The minimum absolute atomic E-state index is 0.0761. The molecule has 2 aromatic carbocycles. The Labute approximate surface area is 120 Å². The summed E-state index contributed by atoms with van der Waals surface area (Å²) in [5.74, 6) is -1.35. The van der Waals surface area contributed by atoms with Gasteiger partial charge in [-0.05, 0) is 30.2 Å². The highest BCUT2D eigenvalue weighted by atomic mass is 19.1. The molecule has 4 N–H and O–H groups in total. The number of nitrogen functional groups attached to an aromatic ring is 1. The van der Waals surface area contributed by atoms with E-state index in [-0.39, 0.29) is 11.4 Å². The molecule has 5 heteroatoms. The number of halogens is 2. The summed E-state index contributed by atoms with van der Waals surface area (Å²) in [6.07, 6.45) is 2.58. The first-order valence-electron chi connectivity index (χ1n) is 6.68. The number of hydrogen-bond donors (Lipinski definition) is 3. The molecule has 0 fully saturated rings. The van der Waals surface area contributed by atoms with Crippen molar-refractivity contribution in [1.29, 1.82) is 0 Å². The highest BCUT2D eigenvalue weighted by Crippen LogP contribution is 2.22. The van der Waals surface area contributed by atoms with E-state index in [0.717, 1.165) is 28.6 Å². The van der Waals surface area contributed by atoms with E-state index in [1.807, 2.05) is 30.5 Å². The molecule has 0 bridgehead atoms. The molecule has 1 aromatic heterocycles. The maximum absolute atomic E-state index is 13.6. The number of para-hydroxylation sites is 1. The first kappa shape index (κ1) is 13.4. The standard InChI is InChI=1S/C16H15F2N3/c17-13-7-11(19)8-14(18)16(13)20-6-5-10-9-21-15-4-2-1-3-12(10)15/h1-4,7-9,20-21H,5-6,19H2. The number of H-pyrrole nitrogens is 1. The molecule has 0 amide bonds. The Morgan fingerprint density at radius 2 is 1.81 bits per heavy atom. The average Bonchev–Trinajstić information content (AvgIpc) is 2.85. The van der Waals surface area contributed by atoms with Gasteiger partial charge in [0.1, 0.15) is 5.69 Å². The van der Waals surface area contributed by atoms with Crippen molar-refractivity contribution >= 4 is 22.3 Å². The zero-order valence-corrected chi connectivity index (χ0v) is 11.3. The van der Waals surface area contributed by atoms with Gasteiger partial charge in [-0.2, -0.15) is 0 Å². The number of aromatic nitrogens is 1. The molecule has 3 nitrogen and oxygen atoms in total. The molecule has 0 saturated heterocycles. The fourth-order valence-corrected chi connectivity index (χ4v) is 2.42. The minimum atomic E-state index is -0.675. The fourth-order valence-electron chi connectivity index (χ4n) is 2.42. The quantitative estimate of drug-likeness (QED) is 0.641. The molecular weight excluding hydrogens is 272 g/mol. The van der Waals surface area contributed by atoms with Crippen LogP contribution in [0.1, 0.15) is 5.56 Å². The second kappa shape index (κ2) is 5.44. The molecule has 0 unspecified atom stereocenters. The van der Waals surface area contributed by atoms with Gasteiger partial charge < -0.3 is 16.0 Å². The van der Waals surface area contributed by atoms with Crippen LogP contribution in [0.15, 0.2) is 42.6 Å². The van der Waals surface area contributed by atoms with Crippen molar-refractivity contribution < 1.29 is 8.78 Å². The maximum Gasteiger partial charge on any atom is 0.151 e. The molecule has 0 atom stereocenters. The van der Waals surface area contributed by atoms with Gasteiger partial charge in [-0.1, -0.05) is 18.2 Å².